The van der Waals surface area contributed by atoms with Crippen LogP contribution in [0.1, 0.15) is 52.7 Å². The van der Waals surface area contributed by atoms with E-state index in [1.54, 1.807) is 12.1 Å². The highest BCUT2D eigenvalue weighted by Gasteiger charge is 2.20. The van der Waals surface area contributed by atoms with Crippen molar-refractivity contribution in [3.05, 3.63) is 27.5 Å². The molecule has 1 aromatic rings. The van der Waals surface area contributed by atoms with E-state index in [0.29, 0.717) is 11.4 Å². The molecule has 5 heteroatoms. The van der Waals surface area contributed by atoms with Gasteiger partial charge in [0.15, 0.2) is 0 Å². The number of carbonyl (C=O) groups excluding carboxylic acids is 1. The minimum Gasteiger partial charge on any atom is -0.477 e. The van der Waals surface area contributed by atoms with Crippen molar-refractivity contribution >= 4 is 28.8 Å². The molecular formula is C15H19NO3S. The molecule has 1 amide bonds. The summed E-state index contributed by atoms with van der Waals surface area (Å²) in [4.78, 5) is 24.3. The van der Waals surface area contributed by atoms with Crippen molar-refractivity contribution < 1.29 is 14.7 Å². The van der Waals surface area contributed by atoms with E-state index < -0.39 is 5.97 Å². The zero-order valence-electron chi connectivity index (χ0n) is 11.6. The van der Waals surface area contributed by atoms with Crippen molar-refractivity contribution in [3.8, 4) is 0 Å². The molecular weight excluding hydrogens is 274 g/mol. The number of rotatable bonds is 5. The standard InChI is InChI=1S/C15H19NO3S/c1-2-3-7-16-14(17)8-10-5-4-6-12-11(10)9-13(20-12)15(18)19/h8-9H,2-7H2,1H3,(H,16,17)(H,18,19)/b10-8-. The number of unbranched alkanes of at least 4 members (excludes halogenated alkanes) is 1. The molecule has 1 aliphatic carbocycles. The van der Waals surface area contributed by atoms with E-state index in [1.807, 2.05) is 0 Å². The maximum Gasteiger partial charge on any atom is 0.345 e. The van der Waals surface area contributed by atoms with Crippen molar-refractivity contribution in [1.82, 2.24) is 5.32 Å². The Bertz CT molecular complexity index is 545. The normalized spacial score (nSPS) is 15.9. The largest absolute Gasteiger partial charge is 0.477 e. The monoisotopic (exact) mass is 293 g/mol. The molecule has 0 fully saturated rings. The Morgan fingerprint density at radius 1 is 1.45 bits per heavy atom. The van der Waals surface area contributed by atoms with E-state index in [0.717, 1.165) is 48.1 Å². The van der Waals surface area contributed by atoms with Gasteiger partial charge in [-0.3, -0.25) is 4.79 Å². The summed E-state index contributed by atoms with van der Waals surface area (Å²) < 4.78 is 0. The number of fused-ring (bicyclic) bond motifs is 1. The number of amides is 1. The molecule has 0 unspecified atom stereocenters. The molecule has 0 bridgehead atoms. The van der Waals surface area contributed by atoms with Crippen LogP contribution in [0.15, 0.2) is 12.1 Å². The van der Waals surface area contributed by atoms with Gasteiger partial charge in [-0.15, -0.1) is 11.3 Å². The van der Waals surface area contributed by atoms with Gasteiger partial charge in [-0.1, -0.05) is 13.3 Å². The Morgan fingerprint density at radius 3 is 2.95 bits per heavy atom. The Kier molecular flexibility index (Phi) is 4.95. The first-order valence-electron chi connectivity index (χ1n) is 6.96. The van der Waals surface area contributed by atoms with Gasteiger partial charge >= 0.3 is 5.97 Å². The highest BCUT2D eigenvalue weighted by molar-refractivity contribution is 7.14. The molecule has 2 rings (SSSR count). The van der Waals surface area contributed by atoms with Crippen LogP contribution in [0.5, 0.6) is 0 Å². The van der Waals surface area contributed by atoms with Gasteiger partial charge in [-0.05, 0) is 42.9 Å². The summed E-state index contributed by atoms with van der Waals surface area (Å²) in [6.45, 7) is 2.77. The van der Waals surface area contributed by atoms with Gasteiger partial charge in [0, 0.05) is 17.5 Å². The lowest BCUT2D eigenvalue weighted by atomic mass is 9.93. The molecule has 0 atom stereocenters. The lowest BCUT2D eigenvalue weighted by Gasteiger charge is -2.14. The Hall–Kier alpha value is -1.62. The molecule has 0 aliphatic heterocycles. The Labute approximate surface area is 122 Å². The smallest absolute Gasteiger partial charge is 0.345 e. The fourth-order valence-corrected chi connectivity index (χ4v) is 3.39. The average Bonchev–Trinajstić information content (AvgIpc) is 2.84. The Morgan fingerprint density at radius 2 is 2.25 bits per heavy atom. The van der Waals surface area contributed by atoms with Gasteiger partial charge in [0.05, 0.1) is 0 Å². The van der Waals surface area contributed by atoms with Crippen molar-refractivity contribution in [3.63, 3.8) is 0 Å². The topological polar surface area (TPSA) is 66.4 Å². The van der Waals surface area contributed by atoms with E-state index in [2.05, 4.69) is 12.2 Å². The number of aromatic carboxylic acids is 1. The number of hydrogen-bond donors (Lipinski definition) is 2. The number of carboxylic acid groups (broad SMARTS) is 1. The van der Waals surface area contributed by atoms with Gasteiger partial charge in [0.1, 0.15) is 4.88 Å². The van der Waals surface area contributed by atoms with Gasteiger partial charge in [-0.2, -0.15) is 0 Å². The van der Waals surface area contributed by atoms with Gasteiger partial charge in [-0.25, -0.2) is 4.79 Å². The lowest BCUT2D eigenvalue weighted by molar-refractivity contribution is -0.116. The maximum absolute atomic E-state index is 11.8. The van der Waals surface area contributed by atoms with Crippen molar-refractivity contribution in [2.45, 2.75) is 39.0 Å². The first-order valence-corrected chi connectivity index (χ1v) is 7.78. The summed E-state index contributed by atoms with van der Waals surface area (Å²) >= 11 is 1.32. The third-order valence-corrected chi connectivity index (χ3v) is 4.53. The van der Waals surface area contributed by atoms with E-state index in [-0.39, 0.29) is 5.91 Å². The van der Waals surface area contributed by atoms with Crippen LogP contribution in [0.4, 0.5) is 0 Å². The summed E-state index contributed by atoms with van der Waals surface area (Å²) in [5, 5.41) is 11.9. The van der Waals surface area contributed by atoms with E-state index >= 15 is 0 Å². The number of hydrogen-bond acceptors (Lipinski definition) is 3. The molecule has 1 aromatic heterocycles. The molecule has 20 heavy (non-hydrogen) atoms. The van der Waals surface area contributed by atoms with Crippen molar-refractivity contribution in [1.29, 1.82) is 0 Å². The summed E-state index contributed by atoms with van der Waals surface area (Å²) in [5.74, 6) is -0.972. The SMILES string of the molecule is CCCCNC(=O)/C=C1/CCCc2sc(C(=O)O)cc21. The summed E-state index contributed by atoms with van der Waals surface area (Å²) in [6.07, 6.45) is 6.37. The number of thiophene rings is 1. The molecule has 0 aromatic carbocycles. The minimum absolute atomic E-state index is 0.0793. The lowest BCUT2D eigenvalue weighted by Crippen LogP contribution is -2.22. The van der Waals surface area contributed by atoms with Gasteiger partial charge in [0.2, 0.25) is 5.91 Å². The molecule has 0 saturated heterocycles. The number of aryl methyl sites for hydroxylation is 1. The molecule has 4 nitrogen and oxygen atoms in total. The molecule has 0 spiro atoms. The highest BCUT2D eigenvalue weighted by atomic mass is 32.1. The molecule has 0 radical (unpaired) electrons. The van der Waals surface area contributed by atoms with Crippen LogP contribution in [-0.4, -0.2) is 23.5 Å². The van der Waals surface area contributed by atoms with Crippen LogP contribution in [0, 0.1) is 0 Å². The average molecular weight is 293 g/mol. The van der Waals surface area contributed by atoms with Crippen LogP contribution in [0.3, 0.4) is 0 Å². The third-order valence-electron chi connectivity index (χ3n) is 3.35. The van der Waals surface area contributed by atoms with Crippen LogP contribution in [0.2, 0.25) is 0 Å². The predicted octanol–water partition coefficient (Wildman–Crippen LogP) is 3.08. The van der Waals surface area contributed by atoms with Crippen LogP contribution < -0.4 is 5.32 Å². The molecule has 1 aliphatic rings. The van der Waals surface area contributed by atoms with Crippen LogP contribution >= 0.6 is 11.3 Å². The number of allylic oxidation sites excluding steroid dienone is 1. The minimum atomic E-state index is -0.892. The second-order valence-corrected chi connectivity index (χ2v) is 6.06. The second-order valence-electron chi connectivity index (χ2n) is 4.92. The fourth-order valence-electron chi connectivity index (χ4n) is 2.31. The molecule has 108 valence electrons. The van der Waals surface area contributed by atoms with Gasteiger partial charge < -0.3 is 10.4 Å². The molecule has 2 N–H and O–H groups in total. The predicted molar refractivity (Wildman–Crippen MR) is 80.1 cm³/mol. The first-order chi connectivity index (χ1) is 9.61. The van der Waals surface area contributed by atoms with Crippen molar-refractivity contribution in [2.24, 2.45) is 0 Å². The van der Waals surface area contributed by atoms with Gasteiger partial charge in [0.25, 0.3) is 0 Å². The zero-order valence-corrected chi connectivity index (χ0v) is 12.4. The quantitative estimate of drug-likeness (QED) is 0.647. The van der Waals surface area contributed by atoms with Crippen LogP contribution in [0.25, 0.3) is 5.57 Å². The first kappa shape index (κ1) is 14.8. The van der Waals surface area contributed by atoms with E-state index in [9.17, 15) is 9.59 Å². The second kappa shape index (κ2) is 6.70. The number of nitrogens with one attached hydrogen (secondary N) is 1. The number of carbonyl (C=O) groups is 2. The Balaban J connectivity index is 2.15. The van der Waals surface area contributed by atoms with E-state index in [1.165, 1.54) is 11.3 Å². The number of carboxylic acids is 1. The summed E-state index contributed by atoms with van der Waals surface area (Å²) in [6, 6.07) is 1.70. The third kappa shape index (κ3) is 3.48. The molecule has 0 saturated carbocycles. The maximum atomic E-state index is 11.8. The summed E-state index contributed by atoms with van der Waals surface area (Å²) in [7, 11) is 0. The van der Waals surface area contributed by atoms with Crippen LogP contribution in [-0.2, 0) is 11.2 Å². The highest BCUT2D eigenvalue weighted by Crippen LogP contribution is 2.36. The zero-order chi connectivity index (χ0) is 14.5. The fraction of sp³-hybridized carbons (Fsp3) is 0.467. The molecule has 1 heterocycles. The summed E-state index contributed by atoms with van der Waals surface area (Å²) in [5.41, 5.74) is 1.91. The van der Waals surface area contributed by atoms with E-state index in [4.69, 9.17) is 5.11 Å². The van der Waals surface area contributed by atoms with Crippen molar-refractivity contribution in [2.75, 3.05) is 6.54 Å².